The van der Waals surface area contributed by atoms with Gasteiger partial charge in [0.2, 0.25) is 5.91 Å². The summed E-state index contributed by atoms with van der Waals surface area (Å²) in [5, 5.41) is 11.3. The summed E-state index contributed by atoms with van der Waals surface area (Å²) in [7, 11) is 1.46. The van der Waals surface area contributed by atoms with E-state index in [1.165, 1.54) is 21.0 Å². The van der Waals surface area contributed by atoms with E-state index in [1.807, 2.05) is 0 Å². The van der Waals surface area contributed by atoms with Crippen LogP contribution >= 0.6 is 0 Å². The highest BCUT2D eigenvalue weighted by atomic mass is 19.4. The third kappa shape index (κ3) is 6.31. The van der Waals surface area contributed by atoms with Gasteiger partial charge in [-0.05, 0) is 66.7 Å². The number of methoxy groups -OCH3 is 1. The molecule has 0 aromatic rings. The maximum atomic E-state index is 14.2. The lowest BCUT2D eigenvalue weighted by atomic mass is 9.70. The Hall–Kier alpha value is -2.12. The third-order valence-electron chi connectivity index (χ3n) is 9.32. The van der Waals surface area contributed by atoms with Gasteiger partial charge in [-0.3, -0.25) is 9.59 Å². The number of hydrogen-bond donors (Lipinski definition) is 1. The lowest BCUT2D eigenvalue weighted by Crippen LogP contribution is -2.60. The highest BCUT2D eigenvalue weighted by molar-refractivity contribution is 5.86. The van der Waals surface area contributed by atoms with Gasteiger partial charge in [0.15, 0.2) is 0 Å². The molecule has 0 spiro atoms. The fourth-order valence-electron chi connectivity index (χ4n) is 7.07. The number of piperazine rings is 1. The summed E-state index contributed by atoms with van der Waals surface area (Å²) in [6.07, 6.45) is -4.80. The molecule has 41 heavy (non-hydrogen) atoms. The van der Waals surface area contributed by atoms with Crippen LogP contribution in [0, 0.1) is 11.3 Å². The molecule has 3 heterocycles. The summed E-state index contributed by atoms with van der Waals surface area (Å²) in [6, 6.07) is -1.41. The minimum atomic E-state index is -5.09. The molecule has 0 aromatic heterocycles. The lowest BCUT2D eigenvalue weighted by molar-refractivity contribution is -0.190. The molecule has 3 saturated heterocycles. The fraction of sp³-hybridized carbons (Fsp3) is 0.893. The van der Waals surface area contributed by atoms with Gasteiger partial charge in [-0.25, -0.2) is 4.79 Å². The molecule has 3 amide bonds. The normalized spacial score (nSPS) is 32.4. The van der Waals surface area contributed by atoms with Crippen LogP contribution in [0.1, 0.15) is 66.7 Å². The van der Waals surface area contributed by atoms with Crippen molar-refractivity contribution in [3.8, 4) is 0 Å². The van der Waals surface area contributed by atoms with E-state index in [2.05, 4.69) is 0 Å². The van der Waals surface area contributed by atoms with Crippen LogP contribution in [0.3, 0.4) is 0 Å². The number of fused-ring (bicyclic) bond motifs is 2. The maximum Gasteiger partial charge on any atom is 0.471 e. The van der Waals surface area contributed by atoms with Crippen LogP contribution in [-0.4, -0.2) is 119 Å². The number of amides is 3. The molecular formula is C28H44F3N3O7. The zero-order valence-electron chi connectivity index (χ0n) is 24.8. The molecule has 3 aliphatic heterocycles. The van der Waals surface area contributed by atoms with Crippen molar-refractivity contribution in [1.82, 2.24) is 14.7 Å². The van der Waals surface area contributed by atoms with E-state index in [1.54, 1.807) is 30.6 Å². The monoisotopic (exact) mass is 591 g/mol. The molecular weight excluding hydrogens is 547 g/mol. The summed E-state index contributed by atoms with van der Waals surface area (Å²) >= 11 is 0. The second-order valence-corrected chi connectivity index (χ2v) is 13.5. The first-order valence-corrected chi connectivity index (χ1v) is 14.4. The van der Waals surface area contributed by atoms with Gasteiger partial charge in [0.05, 0.1) is 35.8 Å². The minimum absolute atomic E-state index is 0.0955. The van der Waals surface area contributed by atoms with Crippen LogP contribution in [0.4, 0.5) is 18.0 Å². The zero-order valence-corrected chi connectivity index (χ0v) is 24.8. The molecule has 234 valence electrons. The van der Waals surface area contributed by atoms with Crippen molar-refractivity contribution in [2.24, 2.45) is 11.3 Å². The quantitative estimate of drug-likeness (QED) is 0.506. The Bertz CT molecular complexity index is 1010. The van der Waals surface area contributed by atoms with Crippen molar-refractivity contribution in [1.29, 1.82) is 0 Å². The van der Waals surface area contributed by atoms with E-state index in [4.69, 9.17) is 14.2 Å². The van der Waals surface area contributed by atoms with Crippen LogP contribution in [0.5, 0.6) is 0 Å². The number of rotatable bonds is 6. The average molecular weight is 592 g/mol. The summed E-state index contributed by atoms with van der Waals surface area (Å²) in [5.74, 6) is -2.65. The number of aliphatic hydroxyl groups is 1. The second kappa shape index (κ2) is 11.2. The number of alkyl halides is 3. The van der Waals surface area contributed by atoms with Gasteiger partial charge in [-0.1, -0.05) is 0 Å². The van der Waals surface area contributed by atoms with Crippen molar-refractivity contribution in [3.63, 3.8) is 0 Å². The Kier molecular flexibility index (Phi) is 8.67. The molecule has 1 unspecified atom stereocenters. The minimum Gasteiger partial charge on any atom is -0.444 e. The van der Waals surface area contributed by atoms with Crippen molar-refractivity contribution < 1.29 is 46.9 Å². The van der Waals surface area contributed by atoms with Gasteiger partial charge >= 0.3 is 18.2 Å². The van der Waals surface area contributed by atoms with E-state index in [0.29, 0.717) is 19.4 Å². The molecule has 4 rings (SSSR count). The molecule has 1 aliphatic carbocycles. The van der Waals surface area contributed by atoms with Gasteiger partial charge in [0.1, 0.15) is 5.60 Å². The number of carbonyl (C=O) groups is 3. The van der Waals surface area contributed by atoms with Crippen LogP contribution in [-0.2, 0) is 23.8 Å². The zero-order chi connectivity index (χ0) is 30.5. The predicted molar refractivity (Wildman–Crippen MR) is 141 cm³/mol. The average Bonchev–Trinajstić information content (AvgIpc) is 3.60. The molecule has 1 N–H and O–H groups in total. The summed E-state index contributed by atoms with van der Waals surface area (Å²) in [5.41, 5.74) is -3.61. The Morgan fingerprint density at radius 2 is 1.68 bits per heavy atom. The van der Waals surface area contributed by atoms with Gasteiger partial charge < -0.3 is 34.0 Å². The number of halogens is 3. The molecule has 10 nitrogen and oxygen atoms in total. The largest absolute Gasteiger partial charge is 0.471 e. The van der Waals surface area contributed by atoms with E-state index in [9.17, 15) is 32.7 Å². The molecule has 0 radical (unpaired) electrons. The standard InChI is InChI=1S/C28H44F3N3O7/c1-25(2,3)41-24(37)34-15-19-11-20(34)14-33(19)22(35)27(26(4,5)38)9-7-18(12-27)32(23(36)28(29,30)31)13-17-8-10-40-16-21(17)39-6/h17-21,38H,7-16H2,1-6H3/t17-,18-,19+,20?,21-,27-/m1/s1. The molecule has 1 saturated carbocycles. The van der Waals surface area contributed by atoms with Crippen molar-refractivity contribution in [3.05, 3.63) is 0 Å². The van der Waals surface area contributed by atoms with Crippen molar-refractivity contribution >= 4 is 17.9 Å². The molecule has 4 fully saturated rings. The highest BCUT2D eigenvalue weighted by Gasteiger charge is 2.61. The first-order chi connectivity index (χ1) is 18.9. The summed E-state index contributed by atoms with van der Waals surface area (Å²) in [4.78, 5) is 43.8. The molecule has 2 bridgehead atoms. The summed E-state index contributed by atoms with van der Waals surface area (Å²) < 4.78 is 57.8. The highest BCUT2D eigenvalue weighted by Crippen LogP contribution is 2.51. The van der Waals surface area contributed by atoms with Crippen molar-refractivity contribution in [2.45, 2.75) is 108 Å². The van der Waals surface area contributed by atoms with E-state index >= 15 is 0 Å². The Balaban J connectivity index is 1.54. The Labute approximate surface area is 239 Å². The molecule has 4 aliphatic rings. The van der Waals surface area contributed by atoms with E-state index < -0.39 is 46.9 Å². The Morgan fingerprint density at radius 1 is 1.05 bits per heavy atom. The number of ether oxygens (including phenoxy) is 3. The van der Waals surface area contributed by atoms with Crippen LogP contribution in [0.25, 0.3) is 0 Å². The van der Waals surface area contributed by atoms with Gasteiger partial charge in [-0.2, -0.15) is 13.2 Å². The molecule has 6 atom stereocenters. The molecule has 0 aromatic carbocycles. The lowest BCUT2D eigenvalue weighted by Gasteiger charge is -2.45. The van der Waals surface area contributed by atoms with Crippen LogP contribution < -0.4 is 0 Å². The number of likely N-dealkylation sites (tertiary alicyclic amines) is 2. The van der Waals surface area contributed by atoms with Crippen molar-refractivity contribution in [2.75, 3.05) is 40.0 Å². The van der Waals surface area contributed by atoms with Gasteiger partial charge in [-0.15, -0.1) is 0 Å². The van der Waals surface area contributed by atoms with Crippen LogP contribution in [0.2, 0.25) is 0 Å². The molecule has 13 heteroatoms. The number of carbonyl (C=O) groups excluding carboxylic acids is 3. The van der Waals surface area contributed by atoms with E-state index in [0.717, 1.165) is 4.90 Å². The second-order valence-electron chi connectivity index (χ2n) is 13.5. The van der Waals surface area contributed by atoms with E-state index in [-0.39, 0.29) is 69.4 Å². The summed E-state index contributed by atoms with van der Waals surface area (Å²) in [6.45, 7) is 9.30. The smallest absolute Gasteiger partial charge is 0.444 e. The SMILES string of the molecule is CO[C@@H]1COCC[C@@H]1CN(C(=O)C(F)(F)F)[C@@H]1CC[C@@](C(=O)N2CC3C[C@H]2CN3C(=O)OC(C)(C)C)(C(C)(C)O)C1. The predicted octanol–water partition coefficient (Wildman–Crippen LogP) is 2.96. The third-order valence-corrected chi connectivity index (χ3v) is 9.32. The Morgan fingerprint density at radius 3 is 2.22 bits per heavy atom. The number of nitrogens with zero attached hydrogens (tertiary/aromatic N) is 3. The first kappa shape index (κ1) is 31.8. The van der Waals surface area contributed by atoms with Gasteiger partial charge in [0.25, 0.3) is 0 Å². The maximum absolute atomic E-state index is 14.2. The topological polar surface area (TPSA) is 109 Å². The van der Waals surface area contributed by atoms with Gasteiger partial charge in [0, 0.05) is 45.3 Å². The first-order valence-electron chi connectivity index (χ1n) is 14.4. The number of hydrogen-bond acceptors (Lipinski definition) is 7. The van der Waals surface area contributed by atoms with Crippen LogP contribution in [0.15, 0.2) is 0 Å². The fourth-order valence-corrected chi connectivity index (χ4v) is 7.07.